The fraction of sp³-hybridized carbons (Fsp3) is 0.0714. The van der Waals surface area contributed by atoms with Crippen LogP contribution in [-0.2, 0) is 10.0 Å². The van der Waals surface area contributed by atoms with Gasteiger partial charge in [-0.05, 0) is 30.3 Å². The van der Waals surface area contributed by atoms with Crippen molar-refractivity contribution in [1.29, 1.82) is 0 Å². The number of carbonyl (C=O) groups excluding carboxylic acids is 1. The van der Waals surface area contributed by atoms with E-state index in [1.807, 2.05) is 0 Å². The zero-order chi connectivity index (χ0) is 15.5. The fourth-order valence-electron chi connectivity index (χ4n) is 1.71. The molecule has 0 bridgehead atoms. The first-order valence-electron chi connectivity index (χ1n) is 5.99. The lowest BCUT2D eigenvalue weighted by Gasteiger charge is -2.12. The van der Waals surface area contributed by atoms with Gasteiger partial charge in [0.2, 0.25) is 10.0 Å². The van der Waals surface area contributed by atoms with Crippen molar-refractivity contribution < 1.29 is 13.2 Å². The average molecular weight is 325 g/mol. The van der Waals surface area contributed by atoms with Crippen LogP contribution in [0.1, 0.15) is 10.4 Å². The molecule has 2 N–H and O–H groups in total. The Labute approximate surface area is 128 Å². The highest BCUT2D eigenvalue weighted by molar-refractivity contribution is 7.92. The molecule has 7 heteroatoms. The Bertz CT molecular complexity index is 775. The molecule has 2 aromatic carbocycles. The number of benzene rings is 2. The Kier molecular flexibility index (Phi) is 4.50. The lowest BCUT2D eigenvalue weighted by Crippen LogP contribution is -2.16. The summed E-state index contributed by atoms with van der Waals surface area (Å²) in [6.07, 6.45) is 1.04. The smallest absolute Gasteiger partial charge is 0.255 e. The highest BCUT2D eigenvalue weighted by Crippen LogP contribution is 2.23. The first kappa shape index (κ1) is 15.3. The van der Waals surface area contributed by atoms with Crippen LogP contribution in [0.25, 0.3) is 0 Å². The van der Waals surface area contributed by atoms with Crippen LogP contribution >= 0.6 is 11.6 Å². The third kappa shape index (κ3) is 4.47. The molecule has 0 aliphatic heterocycles. The molecule has 0 radical (unpaired) electrons. The number of anilines is 2. The van der Waals surface area contributed by atoms with Crippen molar-refractivity contribution in [3.05, 3.63) is 59.1 Å². The predicted octanol–water partition coefficient (Wildman–Crippen LogP) is 2.96. The summed E-state index contributed by atoms with van der Waals surface area (Å²) in [5.74, 6) is -0.375. The molecule has 0 saturated heterocycles. The van der Waals surface area contributed by atoms with Crippen LogP contribution in [0.15, 0.2) is 48.5 Å². The number of hydrogen-bond donors (Lipinski definition) is 2. The third-order valence-corrected chi connectivity index (χ3v) is 3.38. The van der Waals surface area contributed by atoms with Crippen molar-refractivity contribution in [3.63, 3.8) is 0 Å². The van der Waals surface area contributed by atoms with Crippen molar-refractivity contribution >= 4 is 38.9 Å². The van der Waals surface area contributed by atoms with Gasteiger partial charge >= 0.3 is 0 Å². The van der Waals surface area contributed by atoms with Gasteiger partial charge in [-0.25, -0.2) is 8.42 Å². The van der Waals surface area contributed by atoms with Crippen molar-refractivity contribution in [2.75, 3.05) is 16.3 Å². The van der Waals surface area contributed by atoms with Crippen molar-refractivity contribution in [2.45, 2.75) is 0 Å². The van der Waals surface area contributed by atoms with Gasteiger partial charge in [0, 0.05) is 10.6 Å². The second-order valence-corrected chi connectivity index (χ2v) is 6.57. The van der Waals surface area contributed by atoms with Crippen LogP contribution in [0.2, 0.25) is 5.02 Å². The molecule has 0 heterocycles. The molecule has 0 aliphatic carbocycles. The number of sulfonamides is 1. The van der Waals surface area contributed by atoms with E-state index in [1.165, 1.54) is 6.07 Å². The molecule has 1 amide bonds. The van der Waals surface area contributed by atoms with Crippen LogP contribution < -0.4 is 10.0 Å². The average Bonchev–Trinajstić information content (AvgIpc) is 2.39. The van der Waals surface area contributed by atoms with Gasteiger partial charge in [-0.2, -0.15) is 0 Å². The summed E-state index contributed by atoms with van der Waals surface area (Å²) in [6, 6.07) is 13.0. The monoisotopic (exact) mass is 324 g/mol. The van der Waals surface area contributed by atoms with Gasteiger partial charge in [-0.3, -0.25) is 9.52 Å². The van der Waals surface area contributed by atoms with Crippen molar-refractivity contribution in [2.24, 2.45) is 0 Å². The number of halogens is 1. The first-order chi connectivity index (χ1) is 9.85. The molecule has 2 aromatic rings. The summed E-state index contributed by atoms with van der Waals surface area (Å²) in [5, 5.41) is 3.10. The Morgan fingerprint density at radius 3 is 2.33 bits per heavy atom. The topological polar surface area (TPSA) is 75.3 Å². The van der Waals surface area contributed by atoms with Gasteiger partial charge in [0.1, 0.15) is 0 Å². The normalized spacial score (nSPS) is 11.0. The Morgan fingerprint density at radius 2 is 1.71 bits per heavy atom. The number of para-hydroxylation sites is 2. The summed E-state index contributed by atoms with van der Waals surface area (Å²) in [6.45, 7) is 0. The van der Waals surface area contributed by atoms with Crippen LogP contribution in [0, 0.1) is 0 Å². The third-order valence-electron chi connectivity index (χ3n) is 2.56. The van der Waals surface area contributed by atoms with E-state index in [1.54, 1.807) is 42.5 Å². The second kappa shape index (κ2) is 6.15. The molecule has 0 unspecified atom stereocenters. The minimum Gasteiger partial charge on any atom is -0.320 e. The maximum Gasteiger partial charge on any atom is 0.255 e. The lowest BCUT2D eigenvalue weighted by molar-refractivity contribution is 0.102. The van der Waals surface area contributed by atoms with E-state index in [0.717, 1.165) is 6.26 Å². The summed E-state index contributed by atoms with van der Waals surface area (Å²) in [5.41, 5.74) is 1.06. The van der Waals surface area contributed by atoms with E-state index in [9.17, 15) is 13.2 Å². The van der Waals surface area contributed by atoms with Gasteiger partial charge in [0.15, 0.2) is 0 Å². The number of amides is 1. The van der Waals surface area contributed by atoms with E-state index in [2.05, 4.69) is 10.0 Å². The van der Waals surface area contributed by atoms with Crippen molar-refractivity contribution in [1.82, 2.24) is 0 Å². The summed E-state index contributed by atoms with van der Waals surface area (Å²) < 4.78 is 25.0. The molecular formula is C14H13ClN2O3S. The Hall–Kier alpha value is -2.05. The predicted molar refractivity (Wildman–Crippen MR) is 84.3 cm³/mol. The van der Waals surface area contributed by atoms with E-state index in [-0.39, 0.29) is 5.91 Å². The first-order valence-corrected chi connectivity index (χ1v) is 8.26. The number of rotatable bonds is 4. The molecular weight excluding hydrogens is 312 g/mol. The summed E-state index contributed by atoms with van der Waals surface area (Å²) >= 11 is 5.84. The highest BCUT2D eigenvalue weighted by atomic mass is 35.5. The van der Waals surface area contributed by atoms with E-state index in [0.29, 0.717) is 22.0 Å². The van der Waals surface area contributed by atoms with Crippen LogP contribution in [0.3, 0.4) is 0 Å². The molecule has 2 rings (SSSR count). The molecule has 0 aliphatic rings. The number of nitrogens with one attached hydrogen (secondary N) is 2. The summed E-state index contributed by atoms with van der Waals surface area (Å²) in [4.78, 5) is 12.1. The molecule has 0 saturated carbocycles. The Morgan fingerprint density at radius 1 is 1.05 bits per heavy atom. The second-order valence-electron chi connectivity index (χ2n) is 4.38. The zero-order valence-corrected chi connectivity index (χ0v) is 12.7. The minimum atomic E-state index is -3.43. The van der Waals surface area contributed by atoms with E-state index < -0.39 is 10.0 Å². The van der Waals surface area contributed by atoms with Crippen LogP contribution in [0.5, 0.6) is 0 Å². The molecule has 21 heavy (non-hydrogen) atoms. The van der Waals surface area contributed by atoms with E-state index >= 15 is 0 Å². The molecule has 110 valence electrons. The maximum absolute atomic E-state index is 12.1. The molecule has 5 nitrogen and oxygen atoms in total. The Balaban J connectivity index is 2.26. The quantitative estimate of drug-likeness (QED) is 0.908. The minimum absolute atomic E-state index is 0.301. The van der Waals surface area contributed by atoms with Crippen molar-refractivity contribution in [3.8, 4) is 0 Å². The van der Waals surface area contributed by atoms with Gasteiger partial charge in [0.25, 0.3) is 5.91 Å². The SMILES string of the molecule is CS(=O)(=O)Nc1ccccc1NC(=O)c1cccc(Cl)c1. The maximum atomic E-state index is 12.1. The standard InChI is InChI=1S/C14H13ClN2O3S/c1-21(19,20)17-13-8-3-2-7-12(13)16-14(18)10-5-4-6-11(15)9-10/h2-9,17H,1H3,(H,16,18). The summed E-state index contributed by atoms with van der Waals surface area (Å²) in [7, 11) is -3.43. The lowest BCUT2D eigenvalue weighted by atomic mass is 10.2. The molecule has 0 fully saturated rings. The van der Waals surface area contributed by atoms with Crippen LogP contribution in [-0.4, -0.2) is 20.6 Å². The van der Waals surface area contributed by atoms with Crippen LogP contribution in [0.4, 0.5) is 11.4 Å². The molecule has 0 spiro atoms. The highest BCUT2D eigenvalue weighted by Gasteiger charge is 2.11. The van der Waals surface area contributed by atoms with Gasteiger partial charge in [-0.1, -0.05) is 29.8 Å². The number of hydrogen-bond acceptors (Lipinski definition) is 3. The molecule has 0 aromatic heterocycles. The largest absolute Gasteiger partial charge is 0.320 e. The van der Waals surface area contributed by atoms with Gasteiger partial charge < -0.3 is 5.32 Å². The van der Waals surface area contributed by atoms with Gasteiger partial charge in [-0.15, -0.1) is 0 Å². The number of carbonyl (C=O) groups is 1. The molecule has 0 atom stereocenters. The van der Waals surface area contributed by atoms with E-state index in [4.69, 9.17) is 11.6 Å². The van der Waals surface area contributed by atoms with Gasteiger partial charge in [0.05, 0.1) is 17.6 Å². The zero-order valence-electron chi connectivity index (χ0n) is 11.1. The fourth-order valence-corrected chi connectivity index (χ4v) is 2.47.